The quantitative estimate of drug-likeness (QED) is 0.795. The van der Waals surface area contributed by atoms with Gasteiger partial charge >= 0.3 is 5.97 Å². The monoisotopic (exact) mass is 249 g/mol. The molecule has 0 aromatic carbocycles. The number of fused-ring (bicyclic) bond motifs is 1. The SMILES string of the molecule is COC1=CC(=O)c2[nH]c(OC(C)=O)c(C)c2C1=O. The number of methoxy groups -OCH3 is 1. The fourth-order valence-electron chi connectivity index (χ4n) is 1.82. The molecule has 0 fully saturated rings. The first-order valence-corrected chi connectivity index (χ1v) is 5.21. The molecule has 18 heavy (non-hydrogen) atoms. The van der Waals surface area contributed by atoms with Crippen molar-refractivity contribution in [3.05, 3.63) is 28.7 Å². The molecule has 1 aromatic rings. The van der Waals surface area contributed by atoms with Gasteiger partial charge in [-0.3, -0.25) is 14.4 Å². The highest BCUT2D eigenvalue weighted by Crippen LogP contribution is 2.30. The molecular formula is C12H11NO5. The zero-order chi connectivity index (χ0) is 13.4. The van der Waals surface area contributed by atoms with Gasteiger partial charge in [-0.15, -0.1) is 0 Å². The van der Waals surface area contributed by atoms with Crippen LogP contribution in [-0.4, -0.2) is 29.6 Å². The normalized spacial score (nSPS) is 14.1. The molecule has 0 saturated heterocycles. The summed E-state index contributed by atoms with van der Waals surface area (Å²) in [6.07, 6.45) is 1.11. The van der Waals surface area contributed by atoms with E-state index in [2.05, 4.69) is 4.98 Å². The summed E-state index contributed by atoms with van der Waals surface area (Å²) in [5, 5.41) is 0. The van der Waals surface area contributed by atoms with E-state index in [0.717, 1.165) is 6.08 Å². The maximum absolute atomic E-state index is 12.0. The minimum absolute atomic E-state index is 0.0241. The zero-order valence-corrected chi connectivity index (χ0v) is 10.1. The summed E-state index contributed by atoms with van der Waals surface area (Å²) in [5.74, 6) is -1.23. The van der Waals surface area contributed by atoms with Gasteiger partial charge in [0.15, 0.2) is 5.76 Å². The molecule has 0 bridgehead atoms. The highest BCUT2D eigenvalue weighted by molar-refractivity contribution is 6.24. The molecule has 1 aromatic heterocycles. The van der Waals surface area contributed by atoms with Gasteiger partial charge in [-0.25, -0.2) is 0 Å². The number of hydrogen-bond donors (Lipinski definition) is 1. The van der Waals surface area contributed by atoms with Gasteiger partial charge in [0.05, 0.1) is 12.7 Å². The van der Waals surface area contributed by atoms with Crippen molar-refractivity contribution in [1.29, 1.82) is 0 Å². The van der Waals surface area contributed by atoms with Crippen molar-refractivity contribution in [3.8, 4) is 5.88 Å². The lowest BCUT2D eigenvalue weighted by Gasteiger charge is -2.10. The Bertz CT molecular complexity index is 594. The number of H-pyrrole nitrogens is 1. The fourth-order valence-corrected chi connectivity index (χ4v) is 1.82. The minimum Gasteiger partial charge on any atom is -0.492 e. The molecule has 2 rings (SSSR count). The van der Waals surface area contributed by atoms with Crippen LogP contribution < -0.4 is 4.74 Å². The molecule has 0 saturated carbocycles. The predicted octanol–water partition coefficient (Wildman–Crippen LogP) is 1.16. The van der Waals surface area contributed by atoms with Crippen molar-refractivity contribution >= 4 is 17.5 Å². The number of aromatic nitrogens is 1. The Morgan fingerprint density at radius 2 is 2.00 bits per heavy atom. The first-order valence-electron chi connectivity index (χ1n) is 5.21. The van der Waals surface area contributed by atoms with Crippen LogP contribution in [0.25, 0.3) is 0 Å². The van der Waals surface area contributed by atoms with Crippen LogP contribution in [0.1, 0.15) is 33.3 Å². The van der Waals surface area contributed by atoms with E-state index in [1.54, 1.807) is 6.92 Å². The lowest BCUT2D eigenvalue weighted by molar-refractivity contribution is -0.132. The van der Waals surface area contributed by atoms with Crippen LogP contribution in [0.5, 0.6) is 5.88 Å². The Hall–Kier alpha value is -2.37. The van der Waals surface area contributed by atoms with Crippen molar-refractivity contribution in [2.24, 2.45) is 0 Å². The second-order valence-corrected chi connectivity index (χ2v) is 3.83. The third-order valence-corrected chi connectivity index (χ3v) is 2.63. The molecule has 94 valence electrons. The van der Waals surface area contributed by atoms with Crippen LogP contribution in [0.3, 0.4) is 0 Å². The summed E-state index contributed by atoms with van der Waals surface area (Å²) in [7, 11) is 1.32. The molecule has 0 radical (unpaired) electrons. The van der Waals surface area contributed by atoms with Crippen LogP contribution in [0, 0.1) is 6.92 Å². The number of esters is 1. The smallest absolute Gasteiger partial charge is 0.309 e. The van der Waals surface area contributed by atoms with Crippen molar-refractivity contribution in [2.45, 2.75) is 13.8 Å². The second-order valence-electron chi connectivity index (χ2n) is 3.83. The van der Waals surface area contributed by atoms with Gasteiger partial charge in [-0.1, -0.05) is 0 Å². The summed E-state index contributed by atoms with van der Waals surface area (Å²) >= 11 is 0. The standard InChI is InChI=1S/C12H11NO5/c1-5-9-10(13-12(5)18-6(2)14)7(15)4-8(17-3)11(9)16/h4,13H,1-3H3. The van der Waals surface area contributed by atoms with Gasteiger partial charge in [0.1, 0.15) is 5.69 Å². The van der Waals surface area contributed by atoms with E-state index in [4.69, 9.17) is 9.47 Å². The Kier molecular flexibility index (Phi) is 2.78. The Labute approximate surface area is 103 Å². The molecule has 0 aliphatic heterocycles. The fraction of sp³-hybridized carbons (Fsp3) is 0.250. The van der Waals surface area contributed by atoms with Crippen LogP contribution in [-0.2, 0) is 9.53 Å². The van der Waals surface area contributed by atoms with Crippen molar-refractivity contribution < 1.29 is 23.9 Å². The van der Waals surface area contributed by atoms with E-state index in [9.17, 15) is 14.4 Å². The van der Waals surface area contributed by atoms with E-state index in [-0.39, 0.29) is 28.7 Å². The highest BCUT2D eigenvalue weighted by atomic mass is 16.5. The lowest BCUT2D eigenvalue weighted by atomic mass is 9.97. The number of Topliss-reactive ketones (excluding diaryl/α,β-unsaturated/α-hetero) is 1. The molecule has 0 atom stereocenters. The van der Waals surface area contributed by atoms with Crippen LogP contribution >= 0.6 is 0 Å². The predicted molar refractivity (Wildman–Crippen MR) is 60.6 cm³/mol. The summed E-state index contributed by atoms with van der Waals surface area (Å²) in [4.78, 5) is 37.3. The van der Waals surface area contributed by atoms with Gasteiger partial charge in [-0.2, -0.15) is 0 Å². The number of ketones is 2. The lowest BCUT2D eigenvalue weighted by Crippen LogP contribution is -2.17. The first-order chi connectivity index (χ1) is 8.45. The number of ether oxygens (including phenoxy) is 2. The molecule has 1 aliphatic carbocycles. The van der Waals surface area contributed by atoms with Gasteiger partial charge in [0.25, 0.3) is 0 Å². The molecule has 0 spiro atoms. The second kappa shape index (κ2) is 4.14. The highest BCUT2D eigenvalue weighted by Gasteiger charge is 2.32. The molecule has 1 N–H and O–H groups in total. The molecule has 0 unspecified atom stereocenters. The third-order valence-electron chi connectivity index (χ3n) is 2.63. The maximum Gasteiger partial charge on any atom is 0.309 e. The van der Waals surface area contributed by atoms with Crippen LogP contribution in [0.2, 0.25) is 0 Å². The molecule has 1 heterocycles. The van der Waals surface area contributed by atoms with E-state index in [0.29, 0.717) is 5.56 Å². The summed E-state index contributed by atoms with van der Waals surface area (Å²) in [5.41, 5.74) is 0.728. The number of rotatable bonds is 2. The molecule has 6 nitrogen and oxygen atoms in total. The van der Waals surface area contributed by atoms with E-state index >= 15 is 0 Å². The number of aromatic amines is 1. The minimum atomic E-state index is -0.531. The summed E-state index contributed by atoms with van der Waals surface area (Å²) in [6.45, 7) is 2.83. The number of nitrogens with one attached hydrogen (secondary N) is 1. The van der Waals surface area contributed by atoms with Crippen molar-refractivity contribution in [1.82, 2.24) is 4.98 Å². The molecule has 1 aliphatic rings. The number of allylic oxidation sites excluding steroid dienone is 2. The Balaban J connectivity index is 2.55. The van der Waals surface area contributed by atoms with Gasteiger partial charge in [0.2, 0.25) is 17.4 Å². The first kappa shape index (κ1) is 12.1. The average molecular weight is 249 g/mol. The third kappa shape index (κ3) is 1.71. The number of carbonyl (C=O) groups is 3. The maximum atomic E-state index is 12.0. The number of hydrogen-bond acceptors (Lipinski definition) is 5. The summed E-state index contributed by atoms with van der Waals surface area (Å²) in [6, 6.07) is 0. The molecular weight excluding hydrogens is 238 g/mol. The van der Waals surface area contributed by atoms with Crippen LogP contribution in [0.4, 0.5) is 0 Å². The number of carbonyl (C=O) groups excluding carboxylic acids is 3. The largest absolute Gasteiger partial charge is 0.492 e. The van der Waals surface area contributed by atoms with Gasteiger partial charge in [0, 0.05) is 18.6 Å². The zero-order valence-electron chi connectivity index (χ0n) is 10.1. The van der Waals surface area contributed by atoms with Gasteiger partial charge in [-0.05, 0) is 6.92 Å². The summed E-state index contributed by atoms with van der Waals surface area (Å²) < 4.78 is 9.75. The van der Waals surface area contributed by atoms with Gasteiger partial charge < -0.3 is 14.5 Å². The average Bonchev–Trinajstić information content (AvgIpc) is 2.62. The van der Waals surface area contributed by atoms with Crippen LogP contribution in [0.15, 0.2) is 11.8 Å². The Morgan fingerprint density at radius 1 is 1.33 bits per heavy atom. The Morgan fingerprint density at radius 3 is 2.56 bits per heavy atom. The van der Waals surface area contributed by atoms with Crippen molar-refractivity contribution in [2.75, 3.05) is 7.11 Å². The van der Waals surface area contributed by atoms with E-state index in [1.165, 1.54) is 14.0 Å². The van der Waals surface area contributed by atoms with E-state index < -0.39 is 11.8 Å². The molecule has 0 amide bonds. The topological polar surface area (TPSA) is 85.5 Å². The van der Waals surface area contributed by atoms with Crippen molar-refractivity contribution in [3.63, 3.8) is 0 Å². The molecule has 6 heteroatoms. The van der Waals surface area contributed by atoms with E-state index in [1.807, 2.05) is 0 Å².